The SMILES string of the molecule is CCc1cc2c(cn1)CC(=O)C(C#N)=C2N1CCC2(CC1)CC2. The zero-order valence-electron chi connectivity index (χ0n) is 13.6. The Hall–Kier alpha value is -2.15. The minimum absolute atomic E-state index is 0.0623. The maximum Gasteiger partial charge on any atom is 0.179 e. The van der Waals surface area contributed by atoms with Crippen LogP contribution in [0.2, 0.25) is 0 Å². The van der Waals surface area contributed by atoms with Crippen molar-refractivity contribution in [3.05, 3.63) is 34.7 Å². The smallest absolute Gasteiger partial charge is 0.179 e. The van der Waals surface area contributed by atoms with Crippen molar-refractivity contribution in [1.29, 1.82) is 5.26 Å². The molecule has 2 fully saturated rings. The maximum absolute atomic E-state index is 12.4. The van der Waals surface area contributed by atoms with Crippen LogP contribution in [0.5, 0.6) is 0 Å². The van der Waals surface area contributed by atoms with Crippen LogP contribution >= 0.6 is 0 Å². The van der Waals surface area contributed by atoms with Gasteiger partial charge in [0, 0.05) is 37.0 Å². The first-order valence-corrected chi connectivity index (χ1v) is 8.56. The Morgan fingerprint density at radius 3 is 2.65 bits per heavy atom. The number of hydrogen-bond acceptors (Lipinski definition) is 4. The van der Waals surface area contributed by atoms with E-state index in [0.717, 1.165) is 42.0 Å². The number of rotatable bonds is 2. The van der Waals surface area contributed by atoms with Gasteiger partial charge in [-0.3, -0.25) is 9.78 Å². The number of piperidine rings is 1. The number of ketones is 1. The van der Waals surface area contributed by atoms with Crippen LogP contribution in [0.4, 0.5) is 0 Å². The summed E-state index contributed by atoms with van der Waals surface area (Å²) in [4.78, 5) is 19.1. The van der Waals surface area contributed by atoms with Crippen LogP contribution in [-0.4, -0.2) is 28.8 Å². The van der Waals surface area contributed by atoms with Crippen molar-refractivity contribution < 1.29 is 4.79 Å². The summed E-state index contributed by atoms with van der Waals surface area (Å²) in [6, 6.07) is 4.26. The molecule has 1 saturated heterocycles. The van der Waals surface area contributed by atoms with Crippen LogP contribution in [0.25, 0.3) is 5.70 Å². The second kappa shape index (κ2) is 5.19. The number of aromatic nitrogens is 1. The molecule has 4 heteroatoms. The van der Waals surface area contributed by atoms with Gasteiger partial charge >= 0.3 is 0 Å². The summed E-state index contributed by atoms with van der Waals surface area (Å²) in [7, 11) is 0. The average Bonchev–Trinajstić information content (AvgIpc) is 3.33. The summed E-state index contributed by atoms with van der Waals surface area (Å²) in [5, 5.41) is 9.56. The molecular formula is C19H21N3O. The maximum atomic E-state index is 12.4. The first-order chi connectivity index (χ1) is 11.2. The number of nitriles is 1. The fraction of sp³-hybridized carbons (Fsp3) is 0.526. The molecule has 2 heterocycles. The van der Waals surface area contributed by atoms with E-state index in [0.29, 0.717) is 17.4 Å². The number of carbonyl (C=O) groups is 1. The lowest BCUT2D eigenvalue weighted by molar-refractivity contribution is -0.114. The molecule has 0 unspecified atom stereocenters. The van der Waals surface area contributed by atoms with Crippen LogP contribution in [0.3, 0.4) is 0 Å². The predicted octanol–water partition coefficient (Wildman–Crippen LogP) is 2.88. The molecule has 2 aliphatic carbocycles. The standard InChI is InChI=1S/C19H21N3O/c1-2-14-10-15-13(12-21-14)9-17(23)16(11-20)18(15)22-7-5-19(3-4-19)6-8-22/h10,12H,2-9H2,1H3. The summed E-state index contributed by atoms with van der Waals surface area (Å²) < 4.78 is 0. The first-order valence-electron chi connectivity index (χ1n) is 8.56. The normalized spacial score (nSPS) is 22.1. The van der Waals surface area contributed by atoms with E-state index in [1.54, 1.807) is 0 Å². The van der Waals surface area contributed by atoms with Crippen molar-refractivity contribution in [2.45, 2.75) is 45.4 Å². The van der Waals surface area contributed by atoms with Crippen molar-refractivity contribution in [3.8, 4) is 6.07 Å². The van der Waals surface area contributed by atoms with Gasteiger partial charge in [-0.05, 0) is 49.1 Å². The largest absolute Gasteiger partial charge is 0.370 e. The molecule has 0 radical (unpaired) electrons. The van der Waals surface area contributed by atoms with Crippen molar-refractivity contribution in [3.63, 3.8) is 0 Å². The van der Waals surface area contributed by atoms with Gasteiger partial charge in [0.2, 0.25) is 0 Å². The van der Waals surface area contributed by atoms with Gasteiger partial charge in [-0.15, -0.1) is 0 Å². The molecule has 0 atom stereocenters. The lowest BCUT2D eigenvalue weighted by atomic mass is 9.86. The highest BCUT2D eigenvalue weighted by Crippen LogP contribution is 2.54. The summed E-state index contributed by atoms with van der Waals surface area (Å²) in [6.45, 7) is 3.99. The third-order valence-corrected chi connectivity index (χ3v) is 5.74. The summed E-state index contributed by atoms with van der Waals surface area (Å²) in [6.07, 6.45) is 8.06. The fourth-order valence-corrected chi connectivity index (χ4v) is 3.93. The Bertz CT molecular complexity index is 742. The molecule has 0 N–H and O–H groups in total. The van der Waals surface area contributed by atoms with Gasteiger partial charge in [0.05, 0.1) is 5.70 Å². The molecule has 118 valence electrons. The molecule has 1 saturated carbocycles. The Labute approximate surface area is 136 Å². The minimum Gasteiger partial charge on any atom is -0.370 e. The average molecular weight is 307 g/mol. The molecule has 1 spiro atoms. The third-order valence-electron chi connectivity index (χ3n) is 5.74. The molecule has 1 aromatic rings. The van der Waals surface area contributed by atoms with Crippen LogP contribution in [0.1, 0.15) is 49.4 Å². The van der Waals surface area contributed by atoms with Crippen LogP contribution in [0, 0.1) is 16.7 Å². The number of pyridine rings is 1. The Kier molecular flexibility index (Phi) is 3.26. The Morgan fingerprint density at radius 1 is 1.30 bits per heavy atom. The van der Waals surface area contributed by atoms with E-state index in [4.69, 9.17) is 0 Å². The number of likely N-dealkylation sites (tertiary alicyclic amines) is 1. The number of hydrogen-bond donors (Lipinski definition) is 0. The molecule has 0 bridgehead atoms. The highest BCUT2D eigenvalue weighted by molar-refractivity contribution is 6.09. The van der Waals surface area contributed by atoms with Crippen molar-refractivity contribution in [1.82, 2.24) is 9.88 Å². The van der Waals surface area contributed by atoms with E-state index in [1.807, 2.05) is 6.20 Å². The summed E-state index contributed by atoms with van der Waals surface area (Å²) >= 11 is 0. The van der Waals surface area contributed by atoms with Gasteiger partial charge < -0.3 is 4.90 Å². The number of carbonyl (C=O) groups excluding carboxylic acids is 1. The van der Waals surface area contributed by atoms with E-state index in [1.165, 1.54) is 25.7 Å². The Morgan fingerprint density at radius 2 is 2.04 bits per heavy atom. The number of Topliss-reactive ketones (excluding diaryl/α,β-unsaturated/α-hetero) is 1. The van der Waals surface area contributed by atoms with E-state index in [9.17, 15) is 10.1 Å². The second-order valence-electron chi connectivity index (χ2n) is 7.11. The molecule has 1 aliphatic heterocycles. The van der Waals surface area contributed by atoms with Crippen LogP contribution < -0.4 is 0 Å². The van der Waals surface area contributed by atoms with Crippen molar-refractivity contribution >= 4 is 11.5 Å². The monoisotopic (exact) mass is 307 g/mol. The van der Waals surface area contributed by atoms with E-state index < -0.39 is 0 Å². The van der Waals surface area contributed by atoms with Crippen LogP contribution in [0.15, 0.2) is 17.8 Å². The highest BCUT2D eigenvalue weighted by Gasteiger charge is 2.45. The highest BCUT2D eigenvalue weighted by atomic mass is 16.1. The van der Waals surface area contributed by atoms with E-state index in [2.05, 4.69) is 28.9 Å². The summed E-state index contributed by atoms with van der Waals surface area (Å²) in [5.74, 6) is -0.0623. The van der Waals surface area contributed by atoms with Gasteiger partial charge in [0.1, 0.15) is 11.6 Å². The lowest BCUT2D eigenvalue weighted by Gasteiger charge is -2.37. The second-order valence-corrected chi connectivity index (χ2v) is 7.11. The molecule has 3 aliphatic rings. The summed E-state index contributed by atoms with van der Waals surface area (Å²) in [5.41, 5.74) is 4.83. The number of nitrogens with zero attached hydrogens (tertiary/aromatic N) is 3. The topological polar surface area (TPSA) is 57.0 Å². The molecule has 4 rings (SSSR count). The van der Waals surface area contributed by atoms with Crippen molar-refractivity contribution in [2.75, 3.05) is 13.1 Å². The molecule has 0 aromatic carbocycles. The van der Waals surface area contributed by atoms with E-state index in [-0.39, 0.29) is 5.78 Å². The van der Waals surface area contributed by atoms with Crippen molar-refractivity contribution in [2.24, 2.45) is 5.41 Å². The van der Waals surface area contributed by atoms with Gasteiger partial charge in [-0.25, -0.2) is 0 Å². The van der Waals surface area contributed by atoms with Gasteiger partial charge in [-0.2, -0.15) is 5.26 Å². The molecule has 0 amide bonds. The lowest BCUT2D eigenvalue weighted by Crippen LogP contribution is -2.36. The van der Waals surface area contributed by atoms with Gasteiger partial charge in [0.15, 0.2) is 5.78 Å². The van der Waals surface area contributed by atoms with E-state index >= 15 is 0 Å². The fourth-order valence-electron chi connectivity index (χ4n) is 3.93. The van der Waals surface area contributed by atoms with Gasteiger partial charge in [0.25, 0.3) is 0 Å². The van der Waals surface area contributed by atoms with Crippen LogP contribution in [-0.2, 0) is 17.6 Å². The Balaban J connectivity index is 1.77. The molecule has 23 heavy (non-hydrogen) atoms. The number of fused-ring (bicyclic) bond motifs is 1. The zero-order valence-corrected chi connectivity index (χ0v) is 13.6. The quantitative estimate of drug-likeness (QED) is 0.843. The number of allylic oxidation sites excluding steroid dienone is 1. The van der Waals surface area contributed by atoms with Gasteiger partial charge in [-0.1, -0.05) is 6.92 Å². The molecule has 4 nitrogen and oxygen atoms in total. The third kappa shape index (κ3) is 2.35. The predicted molar refractivity (Wildman–Crippen MR) is 87.3 cm³/mol. The number of aryl methyl sites for hydroxylation is 1. The molecule has 1 aromatic heterocycles. The first kappa shape index (κ1) is 14.4. The molecular weight excluding hydrogens is 286 g/mol. The minimum atomic E-state index is -0.0623. The zero-order chi connectivity index (χ0) is 16.0.